The number of halogens is 6. The number of phosphoric ester groups is 1. The molecule has 0 saturated carbocycles. The van der Waals surface area contributed by atoms with Gasteiger partial charge in [-0.25, -0.2) is 24.3 Å². The number of ether oxygens (including phenoxy) is 2. The maximum Gasteiger partial charge on any atom is 0.471 e. The van der Waals surface area contributed by atoms with Gasteiger partial charge >= 0.3 is 7.82 Å². The van der Waals surface area contributed by atoms with E-state index in [9.17, 15) is 41.3 Å². The van der Waals surface area contributed by atoms with Crippen LogP contribution in [0.25, 0.3) is 0 Å². The molecule has 3 N–H and O–H groups in total. The molecule has 66 heavy (non-hydrogen) atoms. The number of nitrogens with one attached hydrogen (secondary N) is 1. The summed E-state index contributed by atoms with van der Waals surface area (Å²) in [6.07, 6.45) is 2.23. The van der Waals surface area contributed by atoms with E-state index in [1.807, 2.05) is 17.2 Å². The quantitative estimate of drug-likeness (QED) is 0.0915. The molecule has 20 nitrogen and oxygen atoms in total. The zero-order valence-electron chi connectivity index (χ0n) is 34.3. The summed E-state index contributed by atoms with van der Waals surface area (Å²) in [6, 6.07) is 13.8. The van der Waals surface area contributed by atoms with Gasteiger partial charge in [0.2, 0.25) is 11.5 Å². The average molecular weight is 978 g/mol. The fourth-order valence-electron chi connectivity index (χ4n) is 5.47. The second-order valence-corrected chi connectivity index (χ2v) is 16.1. The molecule has 6 rings (SSSR count). The Hall–Kier alpha value is -7.05. The number of phosphoric acid groups is 1. The Morgan fingerprint density at radius 3 is 1.62 bits per heavy atom. The molecule has 4 heterocycles. The zero-order chi connectivity index (χ0) is 48.9. The molecular formula is C39H31Cl2F4N10O10P. The molecule has 0 aliphatic heterocycles. The Morgan fingerprint density at radius 2 is 1.18 bits per heavy atom. The molecule has 0 unspecified atom stereocenters. The molecule has 0 bridgehead atoms. The maximum atomic E-state index is 14.0. The smallest absolute Gasteiger partial charge is 0.450 e. The molecule has 0 aliphatic carbocycles. The lowest BCUT2D eigenvalue weighted by Crippen LogP contribution is -2.33. The highest BCUT2D eigenvalue weighted by molar-refractivity contribution is 7.46. The Labute approximate surface area is 377 Å². The van der Waals surface area contributed by atoms with Crippen molar-refractivity contribution in [2.45, 2.75) is 59.4 Å². The van der Waals surface area contributed by atoms with Crippen LogP contribution in [0.4, 0.5) is 17.6 Å². The predicted molar refractivity (Wildman–Crippen MR) is 223 cm³/mol. The van der Waals surface area contributed by atoms with Gasteiger partial charge in [-0.2, -0.15) is 38.3 Å². The first kappa shape index (κ1) is 50.0. The van der Waals surface area contributed by atoms with E-state index in [0.717, 1.165) is 27.6 Å². The summed E-state index contributed by atoms with van der Waals surface area (Å²) in [5, 5.41) is 27.3. The van der Waals surface area contributed by atoms with Gasteiger partial charge in [0, 0.05) is 35.0 Å². The van der Waals surface area contributed by atoms with Crippen LogP contribution in [-0.2, 0) is 40.8 Å². The fourth-order valence-corrected chi connectivity index (χ4v) is 6.18. The number of aromatic nitrogens is 8. The first-order chi connectivity index (χ1) is 30.8. The van der Waals surface area contributed by atoms with Crippen LogP contribution in [0, 0.1) is 36.5 Å². The monoisotopic (exact) mass is 976 g/mol. The van der Waals surface area contributed by atoms with Crippen LogP contribution in [0.2, 0.25) is 10.0 Å². The van der Waals surface area contributed by atoms with Crippen LogP contribution < -0.4 is 31.7 Å². The molecule has 0 radical (unpaired) electrons. The largest absolute Gasteiger partial charge is 0.471 e. The van der Waals surface area contributed by atoms with Crippen molar-refractivity contribution >= 4 is 31.0 Å². The molecule has 2 aromatic carbocycles. The Bertz CT molecular complexity index is 3230. The van der Waals surface area contributed by atoms with E-state index in [1.165, 1.54) is 56.6 Å². The van der Waals surface area contributed by atoms with Gasteiger partial charge in [-0.05, 0) is 62.4 Å². The second kappa shape index (κ2) is 20.0. The maximum absolute atomic E-state index is 14.0. The molecule has 0 fully saturated rings. The van der Waals surface area contributed by atoms with E-state index in [2.05, 4.69) is 24.7 Å². The highest BCUT2D eigenvalue weighted by atomic mass is 35.5. The number of hydrogen-bond donors (Lipinski definition) is 3. The van der Waals surface area contributed by atoms with E-state index in [4.69, 9.17) is 53.0 Å². The Balaban J connectivity index is 0.000000251. The normalized spacial score (nSPS) is 11.5. The van der Waals surface area contributed by atoms with Crippen molar-refractivity contribution < 1.29 is 45.9 Å². The summed E-state index contributed by atoms with van der Waals surface area (Å²) < 4.78 is 83.7. The molecule has 6 aromatic rings. The molecule has 0 spiro atoms. The number of aryl methyl sites for hydroxylation is 2. The first-order valence-electron chi connectivity index (χ1n) is 18.3. The van der Waals surface area contributed by atoms with Crippen molar-refractivity contribution in [2.75, 3.05) is 0 Å². The van der Waals surface area contributed by atoms with Crippen LogP contribution in [0.3, 0.4) is 0 Å². The van der Waals surface area contributed by atoms with Crippen molar-refractivity contribution in [1.82, 2.24) is 39.1 Å². The number of rotatable bonds is 13. The van der Waals surface area contributed by atoms with Crippen molar-refractivity contribution in [3.63, 3.8) is 0 Å². The van der Waals surface area contributed by atoms with Gasteiger partial charge in [0.1, 0.15) is 22.9 Å². The third-order valence-corrected chi connectivity index (χ3v) is 9.54. The number of hydrogen-bond acceptors (Lipinski definition) is 14. The number of nitrogens with zero attached hydrogens (tertiary/aromatic N) is 9. The van der Waals surface area contributed by atoms with Gasteiger partial charge in [-0.3, -0.25) is 32.8 Å². The van der Waals surface area contributed by atoms with Crippen molar-refractivity contribution in [2.24, 2.45) is 0 Å². The number of nitriles is 2. The molecular weight excluding hydrogens is 946 g/mol. The lowest BCUT2D eigenvalue weighted by atomic mass is 10.2. The summed E-state index contributed by atoms with van der Waals surface area (Å²) in [6.45, 7) is 2.13. The predicted octanol–water partition coefficient (Wildman–Crippen LogP) is 5.77. The van der Waals surface area contributed by atoms with Crippen LogP contribution in [0.5, 0.6) is 23.0 Å². The van der Waals surface area contributed by atoms with E-state index < -0.39 is 66.6 Å². The average Bonchev–Trinajstić information content (AvgIpc) is 3.22. The molecule has 344 valence electrons. The fraction of sp³-hybridized carbons (Fsp3) is 0.231. The van der Waals surface area contributed by atoms with Crippen molar-refractivity contribution in [1.29, 1.82) is 10.5 Å². The Kier molecular flexibility index (Phi) is 15.1. The van der Waals surface area contributed by atoms with Gasteiger partial charge in [-0.1, -0.05) is 23.2 Å². The summed E-state index contributed by atoms with van der Waals surface area (Å²) in [4.78, 5) is 76.5. The number of aromatic amines is 1. The van der Waals surface area contributed by atoms with E-state index in [1.54, 1.807) is 0 Å². The third kappa shape index (κ3) is 12.8. The molecule has 0 aliphatic rings. The van der Waals surface area contributed by atoms with Crippen molar-refractivity contribution in [3.05, 3.63) is 158 Å². The third-order valence-electron chi connectivity index (χ3n) is 8.65. The summed E-state index contributed by atoms with van der Waals surface area (Å²) in [7, 11) is -5.05. The van der Waals surface area contributed by atoms with Crippen molar-refractivity contribution in [3.8, 4) is 35.1 Å². The van der Waals surface area contributed by atoms with Gasteiger partial charge < -0.3 is 19.3 Å². The SMILES string of the molecule is Cc1ncn(Cc2cc(C(C)(F)F)n[nH]c2=O)c(=O)c1Oc1cc(Cl)cc(C#N)c1.Cc1ncn(Cc2cc(C(C)(F)F)nn(COP(=O)(O)O)c2=O)c(=O)c1Oc1cc(Cl)cc(C#N)c1. The number of H-pyrrole nitrogens is 1. The summed E-state index contributed by atoms with van der Waals surface area (Å²) >= 11 is 11.9. The van der Waals surface area contributed by atoms with E-state index >= 15 is 0 Å². The number of alkyl halides is 4. The van der Waals surface area contributed by atoms with Gasteiger partial charge in [0.05, 0.1) is 60.4 Å². The van der Waals surface area contributed by atoms with Gasteiger partial charge in [-0.15, -0.1) is 0 Å². The van der Waals surface area contributed by atoms with Gasteiger partial charge in [0.25, 0.3) is 34.1 Å². The van der Waals surface area contributed by atoms with E-state index in [0.29, 0.717) is 18.5 Å². The minimum absolute atomic E-state index is 0.0626. The number of benzene rings is 2. The lowest BCUT2D eigenvalue weighted by Gasteiger charge is -2.16. The summed E-state index contributed by atoms with van der Waals surface area (Å²) in [5.74, 6) is -7.03. The van der Waals surface area contributed by atoms with Crippen LogP contribution in [0.15, 0.2) is 80.4 Å². The first-order valence-corrected chi connectivity index (χ1v) is 20.6. The lowest BCUT2D eigenvalue weighted by molar-refractivity contribution is 0.00913. The van der Waals surface area contributed by atoms with E-state index in [-0.39, 0.29) is 73.2 Å². The van der Waals surface area contributed by atoms with Crippen LogP contribution in [0.1, 0.15) is 58.9 Å². The molecule has 4 aromatic heterocycles. The summed E-state index contributed by atoms with van der Waals surface area (Å²) in [5.41, 5.74) is -4.41. The minimum Gasteiger partial charge on any atom is -0.450 e. The molecule has 0 saturated heterocycles. The second-order valence-electron chi connectivity index (χ2n) is 14.0. The highest BCUT2D eigenvalue weighted by Crippen LogP contribution is 2.36. The minimum atomic E-state index is -5.05. The molecule has 27 heteroatoms. The topological polar surface area (TPSA) is 283 Å². The standard InChI is InChI=1S/C20H17ClF2N5O7P.C19H14ClF2N5O3/c1-11-17(35-15-4-12(7-24)3-14(21)6-15)19(30)27(9-25-11)8-13-5-16(20(2,22)23)26-28(18(13)29)10-34-36(31,32)33;1-10-16(30-14-4-11(7-23)3-13(20)6-14)18(29)27(9-24-10)8-12-5-15(19(2,21)22)25-26-17(12)28/h3-6,9H,8,10H2,1-2H3,(H2,31,32,33);3-6,9H,8H2,1-2H3,(H,26,28). The van der Waals surface area contributed by atoms with Gasteiger partial charge in [0.15, 0.2) is 6.73 Å². The zero-order valence-corrected chi connectivity index (χ0v) is 36.7. The van der Waals surface area contributed by atoms with Crippen LogP contribution in [-0.4, -0.2) is 48.9 Å². The molecule has 0 atom stereocenters. The van der Waals surface area contributed by atoms with Crippen LogP contribution >= 0.6 is 31.0 Å². The Morgan fingerprint density at radius 1 is 0.727 bits per heavy atom. The highest BCUT2D eigenvalue weighted by Gasteiger charge is 2.30. The molecule has 0 amide bonds.